The van der Waals surface area contributed by atoms with E-state index in [1.807, 2.05) is 32.9 Å². The molecule has 0 aliphatic rings. The lowest BCUT2D eigenvalue weighted by Gasteiger charge is -2.26. The Hall–Kier alpha value is -0.0300. The third-order valence-electron chi connectivity index (χ3n) is 2.30. The highest BCUT2D eigenvalue weighted by molar-refractivity contribution is 9.10. The zero-order valence-electron chi connectivity index (χ0n) is 10.8. The van der Waals surface area contributed by atoms with Crippen LogP contribution >= 0.6 is 15.9 Å². The molecule has 1 unspecified atom stereocenters. The van der Waals surface area contributed by atoms with Crippen LogP contribution in [0.5, 0.6) is 0 Å². The van der Waals surface area contributed by atoms with Crippen molar-refractivity contribution < 1.29 is 4.55 Å². The molecule has 0 heterocycles. The van der Waals surface area contributed by atoms with Gasteiger partial charge in [0.1, 0.15) is 4.75 Å². The molecule has 0 aliphatic carbocycles. The molecule has 0 fully saturated rings. The van der Waals surface area contributed by atoms with Crippen molar-refractivity contribution in [1.82, 2.24) is 4.72 Å². The van der Waals surface area contributed by atoms with Crippen molar-refractivity contribution in [2.45, 2.75) is 44.9 Å². The first kappa shape index (κ1) is 15.0. The molecular weight excluding hydrogens is 298 g/mol. The summed E-state index contributed by atoms with van der Waals surface area (Å²) in [4.78, 5) is 0. The van der Waals surface area contributed by atoms with E-state index in [0.717, 1.165) is 10.9 Å². The van der Waals surface area contributed by atoms with Gasteiger partial charge in [-0.15, -0.1) is 4.72 Å². The van der Waals surface area contributed by atoms with E-state index < -0.39 is 11.4 Å². The molecule has 0 aromatic heterocycles. The fourth-order valence-electron chi connectivity index (χ4n) is 1.42. The molecule has 0 amide bonds. The molecule has 0 radical (unpaired) electrons. The topological polar surface area (TPSA) is 35.1 Å². The maximum atomic E-state index is 11.9. The van der Waals surface area contributed by atoms with Crippen molar-refractivity contribution in [3.05, 3.63) is 34.3 Å². The minimum Gasteiger partial charge on any atom is -0.598 e. The van der Waals surface area contributed by atoms with Crippen molar-refractivity contribution in [3.63, 3.8) is 0 Å². The quantitative estimate of drug-likeness (QED) is 0.863. The molecule has 0 saturated heterocycles. The second-order valence-corrected chi connectivity index (χ2v) is 8.15. The van der Waals surface area contributed by atoms with Gasteiger partial charge in [-0.05, 0) is 51.8 Å². The smallest absolute Gasteiger partial charge is 0.136 e. The normalized spacial score (nSPS) is 15.6. The second-order valence-electron chi connectivity index (χ2n) is 5.23. The molecule has 0 aliphatic heterocycles. The zero-order valence-corrected chi connectivity index (χ0v) is 13.2. The summed E-state index contributed by atoms with van der Waals surface area (Å²) in [6.07, 6.45) is 0.876. The molecule has 0 bridgehead atoms. The van der Waals surface area contributed by atoms with Crippen molar-refractivity contribution >= 4 is 27.3 Å². The lowest BCUT2D eigenvalue weighted by atomic mass is 10.1. The zero-order chi connectivity index (χ0) is 13.1. The van der Waals surface area contributed by atoms with Crippen LogP contribution in [0.3, 0.4) is 0 Å². The summed E-state index contributed by atoms with van der Waals surface area (Å²) in [7, 11) is 0. The first-order chi connectivity index (χ1) is 7.79. The molecule has 17 heavy (non-hydrogen) atoms. The van der Waals surface area contributed by atoms with Crippen molar-refractivity contribution in [2.24, 2.45) is 0 Å². The van der Waals surface area contributed by atoms with E-state index in [2.05, 4.69) is 39.7 Å². The van der Waals surface area contributed by atoms with Crippen LogP contribution < -0.4 is 4.72 Å². The highest BCUT2D eigenvalue weighted by Gasteiger charge is 2.27. The third-order valence-corrected chi connectivity index (χ3v) is 4.52. The SMILES string of the molecule is CC(Cc1cccc(Br)c1)N[S@@+]([O-])C(C)(C)C. The highest BCUT2D eigenvalue weighted by atomic mass is 79.9. The average molecular weight is 318 g/mol. The monoisotopic (exact) mass is 317 g/mol. The molecule has 1 rings (SSSR count). The number of benzene rings is 1. The van der Waals surface area contributed by atoms with Gasteiger partial charge >= 0.3 is 0 Å². The van der Waals surface area contributed by atoms with E-state index in [9.17, 15) is 4.55 Å². The van der Waals surface area contributed by atoms with Crippen molar-refractivity contribution in [1.29, 1.82) is 0 Å². The van der Waals surface area contributed by atoms with Gasteiger partial charge in [-0.1, -0.05) is 28.1 Å². The van der Waals surface area contributed by atoms with Gasteiger partial charge in [0.25, 0.3) is 0 Å². The van der Waals surface area contributed by atoms with Gasteiger partial charge in [-0.25, -0.2) is 0 Å². The molecule has 0 saturated carbocycles. The summed E-state index contributed by atoms with van der Waals surface area (Å²) >= 11 is 2.45. The molecule has 1 N–H and O–H groups in total. The van der Waals surface area contributed by atoms with Crippen LogP contribution in [0.25, 0.3) is 0 Å². The molecule has 96 valence electrons. The maximum Gasteiger partial charge on any atom is 0.136 e. The molecule has 2 atom stereocenters. The summed E-state index contributed by atoms with van der Waals surface area (Å²) in [6, 6.07) is 8.41. The Bertz CT molecular complexity index is 365. The lowest BCUT2D eigenvalue weighted by Crippen LogP contribution is -2.44. The van der Waals surface area contributed by atoms with E-state index in [1.54, 1.807) is 0 Å². The minimum atomic E-state index is -1.01. The standard InChI is InChI=1S/C13H20BrNOS/c1-10(15-17(16)13(2,3)4)8-11-6-5-7-12(14)9-11/h5-7,9-10,15H,8H2,1-4H3/t10?,17-/m0/s1. The number of hydrogen-bond donors (Lipinski definition) is 1. The van der Waals surface area contributed by atoms with Crippen LogP contribution in [0.1, 0.15) is 33.3 Å². The summed E-state index contributed by atoms with van der Waals surface area (Å²) in [5.41, 5.74) is 1.24. The van der Waals surface area contributed by atoms with Gasteiger partial charge in [-0.2, -0.15) is 0 Å². The van der Waals surface area contributed by atoms with Crippen molar-refractivity contribution in [3.8, 4) is 0 Å². The number of hydrogen-bond acceptors (Lipinski definition) is 2. The number of halogens is 1. The van der Waals surface area contributed by atoms with Gasteiger partial charge in [0.15, 0.2) is 0 Å². The number of nitrogens with one attached hydrogen (secondary N) is 1. The van der Waals surface area contributed by atoms with Gasteiger partial charge in [0, 0.05) is 15.8 Å². The van der Waals surface area contributed by atoms with Crippen LogP contribution in [0.15, 0.2) is 28.7 Å². The predicted molar refractivity (Wildman–Crippen MR) is 78.3 cm³/mol. The summed E-state index contributed by atoms with van der Waals surface area (Å²) in [5, 5.41) is 0. The van der Waals surface area contributed by atoms with Gasteiger partial charge in [-0.3, -0.25) is 0 Å². The Morgan fingerprint density at radius 1 is 1.41 bits per heavy atom. The molecule has 1 aromatic carbocycles. The molecule has 1 aromatic rings. The van der Waals surface area contributed by atoms with Crippen LogP contribution in [0.4, 0.5) is 0 Å². The van der Waals surface area contributed by atoms with Crippen LogP contribution in [-0.4, -0.2) is 15.3 Å². The minimum absolute atomic E-state index is 0.198. The Morgan fingerprint density at radius 2 is 2.06 bits per heavy atom. The van der Waals surface area contributed by atoms with Crippen LogP contribution in [-0.2, 0) is 17.8 Å². The Labute approximate surface area is 116 Å². The third kappa shape index (κ3) is 5.42. The van der Waals surface area contributed by atoms with Gasteiger partial charge in [0.05, 0.1) is 6.04 Å². The van der Waals surface area contributed by atoms with Gasteiger partial charge < -0.3 is 4.55 Å². The first-order valence-electron chi connectivity index (χ1n) is 5.71. The second kappa shape index (κ2) is 6.23. The predicted octanol–water partition coefficient (Wildman–Crippen LogP) is 3.43. The van der Waals surface area contributed by atoms with Crippen molar-refractivity contribution in [2.75, 3.05) is 0 Å². The van der Waals surface area contributed by atoms with E-state index in [4.69, 9.17) is 0 Å². The molecule has 0 spiro atoms. The fraction of sp³-hybridized carbons (Fsp3) is 0.538. The summed E-state index contributed by atoms with van der Waals surface area (Å²) in [5.74, 6) is 0. The van der Waals surface area contributed by atoms with Gasteiger partial charge in [0.2, 0.25) is 0 Å². The van der Waals surface area contributed by atoms with E-state index in [0.29, 0.717) is 0 Å². The molecule has 4 heteroatoms. The Balaban J connectivity index is 2.53. The summed E-state index contributed by atoms with van der Waals surface area (Å²) in [6.45, 7) is 7.98. The Kier molecular flexibility index (Phi) is 5.51. The average Bonchev–Trinajstić information content (AvgIpc) is 2.15. The first-order valence-corrected chi connectivity index (χ1v) is 7.66. The molecular formula is C13H20BrNOS. The van der Waals surface area contributed by atoms with Crippen LogP contribution in [0, 0.1) is 0 Å². The van der Waals surface area contributed by atoms with E-state index >= 15 is 0 Å². The molecule has 2 nitrogen and oxygen atoms in total. The fourth-order valence-corrected chi connectivity index (χ4v) is 2.67. The van der Waals surface area contributed by atoms with Crippen LogP contribution in [0.2, 0.25) is 0 Å². The Morgan fingerprint density at radius 3 is 2.59 bits per heavy atom. The van der Waals surface area contributed by atoms with E-state index in [1.165, 1.54) is 5.56 Å². The maximum absolute atomic E-state index is 11.9. The lowest BCUT2D eigenvalue weighted by molar-refractivity contribution is 0.526. The number of rotatable bonds is 4. The largest absolute Gasteiger partial charge is 0.598 e. The highest BCUT2D eigenvalue weighted by Crippen LogP contribution is 2.16. The summed E-state index contributed by atoms with van der Waals surface area (Å²) < 4.78 is 15.9. The van der Waals surface area contributed by atoms with E-state index in [-0.39, 0.29) is 10.8 Å².